The van der Waals surface area contributed by atoms with Gasteiger partial charge in [-0.1, -0.05) is 78.6 Å². The molecule has 1 heteroatoms. The monoisotopic (exact) mass is 257 g/mol. The molecule has 0 bridgehead atoms. The highest BCUT2D eigenvalue weighted by atomic mass is 32.2. The summed E-state index contributed by atoms with van der Waals surface area (Å²) in [5, 5.41) is 0.899. The molecule has 0 fully saturated rings. The molecule has 17 heavy (non-hydrogen) atoms. The van der Waals surface area contributed by atoms with Crippen molar-refractivity contribution in [3.63, 3.8) is 0 Å². The lowest BCUT2D eigenvalue weighted by Gasteiger charge is -2.14. The molecular weight excluding hydrogens is 224 g/mol. The molecule has 0 amide bonds. The first kappa shape index (κ1) is 17.4. The van der Waals surface area contributed by atoms with E-state index >= 15 is 0 Å². The lowest BCUT2D eigenvalue weighted by Crippen LogP contribution is -2.02. The van der Waals surface area contributed by atoms with Crippen LogP contribution in [0.1, 0.15) is 91.4 Å². The van der Waals surface area contributed by atoms with Gasteiger partial charge in [0.1, 0.15) is 0 Å². The Labute approximate surface area is 114 Å². The number of hydrogen-bond donors (Lipinski definition) is 0. The normalized spacial score (nSPS) is 12.9. The average molecular weight is 258 g/mol. The Morgan fingerprint density at radius 2 is 1.29 bits per heavy atom. The SMILES string of the molecule is C[CH]SC(CCCC)CCCCCCCCC. The van der Waals surface area contributed by atoms with E-state index in [2.05, 4.69) is 38.3 Å². The van der Waals surface area contributed by atoms with E-state index in [4.69, 9.17) is 0 Å². The van der Waals surface area contributed by atoms with Gasteiger partial charge in [-0.3, -0.25) is 0 Å². The first-order chi connectivity index (χ1) is 8.35. The summed E-state index contributed by atoms with van der Waals surface area (Å²) < 4.78 is 0. The van der Waals surface area contributed by atoms with Crippen LogP contribution in [0.2, 0.25) is 0 Å². The van der Waals surface area contributed by atoms with Crippen LogP contribution in [0.15, 0.2) is 0 Å². The smallest absolute Gasteiger partial charge is 0.0138 e. The quantitative estimate of drug-likeness (QED) is 0.335. The van der Waals surface area contributed by atoms with Crippen molar-refractivity contribution in [2.75, 3.05) is 0 Å². The Morgan fingerprint density at radius 1 is 0.765 bits per heavy atom. The first-order valence-corrected chi connectivity index (χ1v) is 8.72. The Hall–Kier alpha value is 0.350. The summed E-state index contributed by atoms with van der Waals surface area (Å²) in [7, 11) is 0. The first-order valence-electron chi connectivity index (χ1n) is 7.78. The third-order valence-corrected chi connectivity index (χ3v) is 4.47. The standard InChI is InChI=1S/C16H33S/c1-4-7-9-10-11-12-13-15-16(17-6-3)14-8-5-2/h6,16H,4-5,7-15H2,1-3H3. The third kappa shape index (κ3) is 12.6. The van der Waals surface area contributed by atoms with Gasteiger partial charge in [-0.05, 0) is 12.8 Å². The Kier molecular flexibility index (Phi) is 14.7. The summed E-state index contributed by atoms with van der Waals surface area (Å²) in [5.74, 6) is 2.28. The molecule has 0 aromatic carbocycles. The van der Waals surface area contributed by atoms with Gasteiger partial charge in [0.15, 0.2) is 0 Å². The maximum absolute atomic E-state index is 2.30. The van der Waals surface area contributed by atoms with Crippen molar-refractivity contribution in [3.8, 4) is 0 Å². The van der Waals surface area contributed by atoms with Gasteiger partial charge in [0.05, 0.1) is 0 Å². The summed E-state index contributed by atoms with van der Waals surface area (Å²) in [4.78, 5) is 0. The predicted molar refractivity (Wildman–Crippen MR) is 83.5 cm³/mol. The van der Waals surface area contributed by atoms with Gasteiger partial charge in [0, 0.05) is 11.0 Å². The van der Waals surface area contributed by atoms with Crippen LogP contribution in [0.3, 0.4) is 0 Å². The molecule has 0 rings (SSSR count). The molecular formula is C16H33S. The van der Waals surface area contributed by atoms with Crippen LogP contribution in [0.4, 0.5) is 0 Å². The van der Waals surface area contributed by atoms with Crippen LogP contribution in [0.25, 0.3) is 0 Å². The fourth-order valence-electron chi connectivity index (χ4n) is 2.23. The van der Waals surface area contributed by atoms with Crippen molar-refractivity contribution in [3.05, 3.63) is 5.75 Å². The molecule has 0 aromatic heterocycles. The van der Waals surface area contributed by atoms with Crippen molar-refractivity contribution >= 4 is 11.8 Å². The lowest BCUT2D eigenvalue weighted by molar-refractivity contribution is 0.555. The summed E-state index contributed by atoms with van der Waals surface area (Å²) in [6.07, 6.45) is 15.7. The number of unbranched alkanes of at least 4 members (excludes halogenated alkanes) is 7. The number of rotatable bonds is 13. The Bertz CT molecular complexity index is 133. The van der Waals surface area contributed by atoms with E-state index in [-0.39, 0.29) is 0 Å². The number of hydrogen-bond acceptors (Lipinski definition) is 1. The van der Waals surface area contributed by atoms with E-state index in [1.54, 1.807) is 0 Å². The highest BCUT2D eigenvalue weighted by Gasteiger charge is 2.07. The zero-order chi connectivity index (χ0) is 12.8. The zero-order valence-electron chi connectivity index (χ0n) is 12.3. The van der Waals surface area contributed by atoms with Crippen molar-refractivity contribution < 1.29 is 0 Å². The van der Waals surface area contributed by atoms with Crippen LogP contribution in [0.5, 0.6) is 0 Å². The molecule has 0 saturated carbocycles. The molecule has 1 unspecified atom stereocenters. The topological polar surface area (TPSA) is 0 Å². The van der Waals surface area contributed by atoms with Crippen LogP contribution >= 0.6 is 11.8 Å². The molecule has 0 nitrogen and oxygen atoms in total. The summed E-state index contributed by atoms with van der Waals surface area (Å²) >= 11 is 2.06. The van der Waals surface area contributed by atoms with E-state index in [9.17, 15) is 0 Å². The average Bonchev–Trinajstić information content (AvgIpc) is 2.34. The maximum Gasteiger partial charge on any atom is 0.0138 e. The largest absolute Gasteiger partial charge is 0.154 e. The molecule has 1 radical (unpaired) electrons. The highest BCUT2D eigenvalue weighted by Crippen LogP contribution is 2.25. The highest BCUT2D eigenvalue weighted by molar-refractivity contribution is 8.01. The lowest BCUT2D eigenvalue weighted by atomic mass is 10.1. The van der Waals surface area contributed by atoms with Gasteiger partial charge in [-0.2, -0.15) is 11.8 Å². The van der Waals surface area contributed by atoms with Crippen LogP contribution in [-0.2, 0) is 0 Å². The van der Waals surface area contributed by atoms with Gasteiger partial charge in [0.2, 0.25) is 0 Å². The molecule has 103 valence electrons. The Balaban J connectivity index is 3.34. The molecule has 0 aromatic rings. The minimum atomic E-state index is 0.899. The van der Waals surface area contributed by atoms with Crippen molar-refractivity contribution in [1.82, 2.24) is 0 Å². The predicted octanol–water partition coefficient (Wildman–Crippen LogP) is 6.60. The van der Waals surface area contributed by atoms with Gasteiger partial charge < -0.3 is 0 Å². The van der Waals surface area contributed by atoms with Crippen molar-refractivity contribution in [1.29, 1.82) is 0 Å². The molecule has 0 aliphatic heterocycles. The number of thioether (sulfide) groups is 1. The van der Waals surface area contributed by atoms with E-state index in [1.807, 2.05) is 0 Å². The van der Waals surface area contributed by atoms with Gasteiger partial charge in [-0.25, -0.2) is 0 Å². The molecule has 0 N–H and O–H groups in total. The van der Waals surface area contributed by atoms with E-state index < -0.39 is 0 Å². The van der Waals surface area contributed by atoms with Gasteiger partial charge in [0.25, 0.3) is 0 Å². The summed E-state index contributed by atoms with van der Waals surface area (Å²) in [6.45, 7) is 6.76. The summed E-state index contributed by atoms with van der Waals surface area (Å²) in [5.41, 5.74) is 0. The maximum atomic E-state index is 2.30. The second-order valence-electron chi connectivity index (χ2n) is 5.05. The van der Waals surface area contributed by atoms with Crippen LogP contribution < -0.4 is 0 Å². The van der Waals surface area contributed by atoms with E-state index in [0.717, 1.165) is 5.25 Å². The fraction of sp³-hybridized carbons (Fsp3) is 0.938. The Morgan fingerprint density at radius 3 is 1.88 bits per heavy atom. The van der Waals surface area contributed by atoms with Crippen molar-refractivity contribution in [2.24, 2.45) is 0 Å². The minimum Gasteiger partial charge on any atom is -0.154 e. The van der Waals surface area contributed by atoms with Crippen LogP contribution in [-0.4, -0.2) is 5.25 Å². The third-order valence-electron chi connectivity index (χ3n) is 3.34. The van der Waals surface area contributed by atoms with E-state index in [0.29, 0.717) is 0 Å². The molecule has 0 saturated heterocycles. The molecule has 0 aliphatic rings. The fourth-order valence-corrected chi connectivity index (χ4v) is 3.22. The second-order valence-corrected chi connectivity index (χ2v) is 6.46. The van der Waals surface area contributed by atoms with Gasteiger partial charge >= 0.3 is 0 Å². The van der Waals surface area contributed by atoms with Crippen LogP contribution in [0, 0.1) is 5.75 Å². The van der Waals surface area contributed by atoms with Crippen molar-refractivity contribution in [2.45, 2.75) is 96.7 Å². The molecule has 0 heterocycles. The summed E-state index contributed by atoms with van der Waals surface area (Å²) in [6, 6.07) is 0. The molecule has 0 aliphatic carbocycles. The van der Waals surface area contributed by atoms with E-state index in [1.165, 1.54) is 70.6 Å². The second kappa shape index (κ2) is 14.4. The van der Waals surface area contributed by atoms with Gasteiger partial charge in [-0.15, -0.1) is 0 Å². The minimum absolute atomic E-state index is 0.899. The zero-order valence-corrected chi connectivity index (χ0v) is 13.2. The molecule has 0 spiro atoms. The molecule has 1 atom stereocenters.